The first-order valence-corrected chi connectivity index (χ1v) is 8.01. The molecule has 2 rings (SSSR count). The molecule has 0 spiro atoms. The molecule has 110 valence electrons. The molecule has 1 aromatic heterocycles. The van der Waals surface area contributed by atoms with Crippen molar-refractivity contribution in [3.63, 3.8) is 0 Å². The fourth-order valence-electron chi connectivity index (χ4n) is 1.66. The Labute approximate surface area is 130 Å². The minimum absolute atomic E-state index is 0.145. The predicted octanol–water partition coefficient (Wildman–Crippen LogP) is 3.40. The third kappa shape index (κ3) is 4.30. The highest BCUT2D eigenvalue weighted by molar-refractivity contribution is 7.98. The van der Waals surface area contributed by atoms with E-state index in [1.54, 1.807) is 19.1 Å². The molecule has 7 heteroatoms. The van der Waals surface area contributed by atoms with E-state index >= 15 is 0 Å². The first-order chi connectivity index (χ1) is 9.95. The van der Waals surface area contributed by atoms with Crippen LogP contribution in [-0.2, 0) is 10.5 Å². The summed E-state index contributed by atoms with van der Waals surface area (Å²) in [7, 11) is 0. The normalized spacial score (nSPS) is 10.4. The molecule has 0 radical (unpaired) electrons. The number of amides is 1. The molecule has 0 aliphatic carbocycles. The molecule has 0 aliphatic rings. The SMILES string of the molecule is CC(=O)Nc1nc(CSc2ccc(C)c(C(=O)O)c2)cs1. The van der Waals surface area contributed by atoms with E-state index in [4.69, 9.17) is 5.11 Å². The molecular weight excluding hydrogens is 308 g/mol. The van der Waals surface area contributed by atoms with Gasteiger partial charge in [0, 0.05) is 23.0 Å². The Kier molecular flexibility index (Phi) is 4.98. The summed E-state index contributed by atoms with van der Waals surface area (Å²) in [6.45, 7) is 3.22. The van der Waals surface area contributed by atoms with Crippen molar-refractivity contribution in [2.75, 3.05) is 5.32 Å². The number of benzene rings is 1. The van der Waals surface area contributed by atoms with E-state index in [2.05, 4.69) is 10.3 Å². The number of aromatic nitrogens is 1. The van der Waals surface area contributed by atoms with Crippen LogP contribution in [0.15, 0.2) is 28.5 Å². The summed E-state index contributed by atoms with van der Waals surface area (Å²) < 4.78 is 0. The van der Waals surface area contributed by atoms with Crippen molar-refractivity contribution >= 4 is 40.1 Å². The molecule has 0 aliphatic heterocycles. The Morgan fingerprint density at radius 2 is 2.19 bits per heavy atom. The van der Waals surface area contributed by atoms with Crippen molar-refractivity contribution in [2.24, 2.45) is 0 Å². The number of carbonyl (C=O) groups excluding carboxylic acids is 1. The van der Waals surface area contributed by atoms with Gasteiger partial charge in [-0.15, -0.1) is 23.1 Å². The van der Waals surface area contributed by atoms with Crippen molar-refractivity contribution in [2.45, 2.75) is 24.5 Å². The Morgan fingerprint density at radius 1 is 1.43 bits per heavy atom. The van der Waals surface area contributed by atoms with E-state index in [0.717, 1.165) is 16.2 Å². The van der Waals surface area contributed by atoms with Gasteiger partial charge < -0.3 is 10.4 Å². The second-order valence-corrected chi connectivity index (χ2v) is 6.30. The van der Waals surface area contributed by atoms with Gasteiger partial charge in [-0.05, 0) is 24.6 Å². The molecule has 0 saturated carbocycles. The number of carboxylic acid groups (broad SMARTS) is 1. The number of nitrogens with one attached hydrogen (secondary N) is 1. The number of carboxylic acids is 1. The molecule has 21 heavy (non-hydrogen) atoms. The van der Waals surface area contributed by atoms with Gasteiger partial charge in [-0.3, -0.25) is 4.79 Å². The molecule has 1 amide bonds. The van der Waals surface area contributed by atoms with Crippen molar-refractivity contribution in [3.05, 3.63) is 40.4 Å². The summed E-state index contributed by atoms with van der Waals surface area (Å²) >= 11 is 2.89. The molecule has 2 N–H and O–H groups in total. The lowest BCUT2D eigenvalue weighted by atomic mass is 10.1. The lowest BCUT2D eigenvalue weighted by molar-refractivity contribution is -0.114. The number of thioether (sulfide) groups is 1. The highest BCUT2D eigenvalue weighted by atomic mass is 32.2. The molecule has 0 fully saturated rings. The molecule has 1 heterocycles. The lowest BCUT2D eigenvalue weighted by Crippen LogP contribution is -2.05. The third-order valence-electron chi connectivity index (χ3n) is 2.66. The molecule has 1 aromatic carbocycles. The van der Waals surface area contributed by atoms with Gasteiger partial charge in [0.2, 0.25) is 5.91 Å². The largest absolute Gasteiger partial charge is 0.478 e. The van der Waals surface area contributed by atoms with Crippen LogP contribution in [0.4, 0.5) is 5.13 Å². The number of thiazole rings is 1. The van der Waals surface area contributed by atoms with E-state index in [0.29, 0.717) is 16.4 Å². The highest BCUT2D eigenvalue weighted by Gasteiger charge is 2.09. The van der Waals surface area contributed by atoms with Gasteiger partial charge in [0.1, 0.15) is 0 Å². The molecule has 0 bridgehead atoms. The highest BCUT2D eigenvalue weighted by Crippen LogP contribution is 2.26. The Bertz CT molecular complexity index is 683. The first-order valence-electron chi connectivity index (χ1n) is 6.14. The number of hydrogen-bond acceptors (Lipinski definition) is 5. The number of aromatic carboxylic acids is 1. The fourth-order valence-corrected chi connectivity index (χ4v) is 3.35. The van der Waals surface area contributed by atoms with Crippen LogP contribution in [0.1, 0.15) is 28.5 Å². The molecule has 5 nitrogen and oxygen atoms in total. The number of nitrogens with zero attached hydrogens (tertiary/aromatic N) is 1. The first kappa shape index (κ1) is 15.5. The molecule has 0 saturated heterocycles. The zero-order valence-corrected chi connectivity index (χ0v) is 13.2. The monoisotopic (exact) mass is 322 g/mol. The van der Waals surface area contributed by atoms with Crippen LogP contribution >= 0.6 is 23.1 Å². The van der Waals surface area contributed by atoms with Crippen LogP contribution in [0.3, 0.4) is 0 Å². The van der Waals surface area contributed by atoms with Crippen molar-refractivity contribution in [1.82, 2.24) is 4.98 Å². The number of aryl methyl sites for hydroxylation is 1. The molecule has 2 aromatic rings. The molecule has 0 atom stereocenters. The summed E-state index contributed by atoms with van der Waals surface area (Å²) in [5.74, 6) is -0.442. The minimum Gasteiger partial charge on any atom is -0.478 e. The number of anilines is 1. The summed E-state index contributed by atoms with van der Waals surface area (Å²) in [5.41, 5.74) is 1.91. The number of carbonyl (C=O) groups is 2. The molecule has 0 unspecified atom stereocenters. The van der Waals surface area contributed by atoms with Crippen LogP contribution in [0.5, 0.6) is 0 Å². The van der Waals surface area contributed by atoms with E-state index in [9.17, 15) is 9.59 Å². The smallest absolute Gasteiger partial charge is 0.335 e. The lowest BCUT2D eigenvalue weighted by Gasteiger charge is -2.04. The van der Waals surface area contributed by atoms with Gasteiger partial charge in [-0.1, -0.05) is 6.07 Å². The fraction of sp³-hybridized carbons (Fsp3) is 0.214. The quantitative estimate of drug-likeness (QED) is 0.825. The van der Waals surface area contributed by atoms with Crippen LogP contribution in [-0.4, -0.2) is 22.0 Å². The van der Waals surface area contributed by atoms with Crippen LogP contribution in [0.25, 0.3) is 0 Å². The third-order valence-corrected chi connectivity index (χ3v) is 4.49. The zero-order valence-electron chi connectivity index (χ0n) is 11.5. The van der Waals surface area contributed by atoms with E-state index < -0.39 is 5.97 Å². The van der Waals surface area contributed by atoms with Gasteiger partial charge >= 0.3 is 5.97 Å². The maximum atomic E-state index is 11.1. The Morgan fingerprint density at radius 3 is 2.86 bits per heavy atom. The Hall–Kier alpha value is -1.86. The van der Waals surface area contributed by atoms with E-state index in [1.165, 1.54) is 30.0 Å². The summed E-state index contributed by atoms with van der Waals surface area (Å²) in [6.07, 6.45) is 0. The summed E-state index contributed by atoms with van der Waals surface area (Å²) in [5, 5.41) is 14.2. The Balaban J connectivity index is 2.03. The number of rotatable bonds is 5. The number of hydrogen-bond donors (Lipinski definition) is 2. The van der Waals surface area contributed by atoms with Gasteiger partial charge in [0.25, 0.3) is 0 Å². The second-order valence-electron chi connectivity index (χ2n) is 4.40. The average molecular weight is 322 g/mol. The molecular formula is C14H14N2O3S2. The van der Waals surface area contributed by atoms with Crippen molar-refractivity contribution in [3.8, 4) is 0 Å². The zero-order chi connectivity index (χ0) is 15.4. The second kappa shape index (κ2) is 6.73. The van der Waals surface area contributed by atoms with Gasteiger partial charge in [0.15, 0.2) is 5.13 Å². The van der Waals surface area contributed by atoms with Gasteiger partial charge in [-0.25, -0.2) is 9.78 Å². The maximum absolute atomic E-state index is 11.1. The maximum Gasteiger partial charge on any atom is 0.335 e. The minimum atomic E-state index is -0.920. The van der Waals surface area contributed by atoms with Crippen molar-refractivity contribution < 1.29 is 14.7 Å². The van der Waals surface area contributed by atoms with E-state index in [1.807, 2.05) is 11.4 Å². The topological polar surface area (TPSA) is 79.3 Å². The van der Waals surface area contributed by atoms with Crippen LogP contribution in [0, 0.1) is 6.92 Å². The summed E-state index contributed by atoms with van der Waals surface area (Å²) in [4.78, 5) is 27.2. The van der Waals surface area contributed by atoms with Crippen molar-refractivity contribution in [1.29, 1.82) is 0 Å². The predicted molar refractivity (Wildman–Crippen MR) is 84.1 cm³/mol. The van der Waals surface area contributed by atoms with Crippen LogP contribution < -0.4 is 5.32 Å². The summed E-state index contributed by atoms with van der Waals surface area (Å²) in [6, 6.07) is 5.37. The van der Waals surface area contributed by atoms with Gasteiger partial charge in [-0.2, -0.15) is 0 Å². The van der Waals surface area contributed by atoms with E-state index in [-0.39, 0.29) is 5.91 Å². The average Bonchev–Trinajstić information content (AvgIpc) is 2.84. The van der Waals surface area contributed by atoms with Gasteiger partial charge in [0.05, 0.1) is 11.3 Å². The van der Waals surface area contributed by atoms with Crippen LogP contribution in [0.2, 0.25) is 0 Å². The standard InChI is InChI=1S/C14H14N2O3S2/c1-8-3-4-11(5-12(8)13(18)19)20-6-10-7-21-14(16-10)15-9(2)17/h3-5,7H,6H2,1-2H3,(H,18,19)(H,15,16,17).